The third-order valence-corrected chi connectivity index (χ3v) is 7.44. The molecule has 0 saturated carbocycles. The van der Waals surface area contributed by atoms with E-state index < -0.39 is 52.1 Å². The number of rotatable bonds is 8. The van der Waals surface area contributed by atoms with Crippen LogP contribution in [0.4, 0.5) is 22.0 Å². The fraction of sp³-hybridized carbons (Fsp3) is 0.214. The summed E-state index contributed by atoms with van der Waals surface area (Å²) in [6, 6.07) is 12.4. The number of aryl methyl sites for hydroxylation is 1. The predicted octanol–water partition coefficient (Wildman–Crippen LogP) is 8.64. The largest absolute Gasteiger partial charge is 0.488 e. The van der Waals surface area contributed by atoms with Crippen LogP contribution in [0, 0.1) is 25.5 Å². The molecule has 4 nitrogen and oxygen atoms in total. The van der Waals surface area contributed by atoms with E-state index in [1.165, 1.54) is 0 Å². The quantitative estimate of drug-likeness (QED) is 0.212. The third-order valence-electron chi connectivity index (χ3n) is 6.29. The fourth-order valence-corrected chi connectivity index (χ4v) is 5.09. The average Bonchev–Trinajstić information content (AvgIpc) is 3.27. The number of carboxylic acid groups (broad SMARTS) is 1. The standard InChI is InChI=1S/C28H21ClF5NO3S/c1-14-15(2)23(9-8-19(14)17-6-3-16(4-7-17)5-10-24(36)37)38-13-20-26(35-39-27(20)28(32,33)34)25-21(30)11-18(29)12-22(25)31/h3-4,6-9,11-12H,5,10,13H2,1-2H3,(H,36,37). The second kappa shape index (κ2) is 11.3. The van der Waals surface area contributed by atoms with Gasteiger partial charge in [0.15, 0.2) is 0 Å². The molecule has 0 aliphatic carbocycles. The Morgan fingerprint density at radius 2 is 1.67 bits per heavy atom. The number of ether oxygens (including phenoxy) is 1. The molecular weight excluding hydrogens is 561 g/mol. The second-order valence-electron chi connectivity index (χ2n) is 8.82. The van der Waals surface area contributed by atoms with Gasteiger partial charge in [-0.05, 0) is 77.8 Å². The van der Waals surface area contributed by atoms with Gasteiger partial charge in [-0.2, -0.15) is 17.5 Å². The normalized spacial score (nSPS) is 11.6. The number of nitrogens with zero attached hydrogens (tertiary/aromatic N) is 1. The van der Waals surface area contributed by atoms with E-state index >= 15 is 0 Å². The molecular formula is C28H21ClF5NO3S. The Balaban J connectivity index is 1.63. The number of hydrogen-bond acceptors (Lipinski definition) is 4. The molecule has 4 aromatic rings. The molecule has 0 amide bonds. The van der Waals surface area contributed by atoms with Gasteiger partial charge in [0.25, 0.3) is 0 Å². The predicted molar refractivity (Wildman–Crippen MR) is 139 cm³/mol. The first-order valence-electron chi connectivity index (χ1n) is 11.6. The number of benzene rings is 3. The van der Waals surface area contributed by atoms with Gasteiger partial charge in [-0.3, -0.25) is 4.79 Å². The van der Waals surface area contributed by atoms with Gasteiger partial charge >= 0.3 is 12.1 Å². The van der Waals surface area contributed by atoms with Gasteiger partial charge in [0, 0.05) is 17.0 Å². The van der Waals surface area contributed by atoms with Gasteiger partial charge in [-0.25, -0.2) is 8.78 Å². The van der Waals surface area contributed by atoms with E-state index in [0.29, 0.717) is 17.7 Å². The van der Waals surface area contributed by atoms with Crippen molar-refractivity contribution in [3.8, 4) is 28.1 Å². The minimum Gasteiger partial charge on any atom is -0.488 e. The molecule has 0 radical (unpaired) electrons. The van der Waals surface area contributed by atoms with Crippen LogP contribution in [-0.2, 0) is 24.0 Å². The molecule has 1 N–H and O–H groups in total. The molecule has 11 heteroatoms. The molecule has 3 aromatic carbocycles. The molecule has 1 heterocycles. The van der Waals surface area contributed by atoms with Crippen molar-refractivity contribution in [1.82, 2.24) is 4.37 Å². The number of aromatic nitrogens is 1. The van der Waals surface area contributed by atoms with Gasteiger partial charge in [0.05, 0.1) is 11.3 Å². The summed E-state index contributed by atoms with van der Waals surface area (Å²) in [6.45, 7) is 2.97. The van der Waals surface area contributed by atoms with Crippen molar-refractivity contribution in [3.05, 3.63) is 92.3 Å². The summed E-state index contributed by atoms with van der Waals surface area (Å²) in [5, 5.41) is 8.62. The number of carboxylic acids is 1. The van der Waals surface area contributed by atoms with Gasteiger partial charge in [0.1, 0.15) is 28.9 Å². The topological polar surface area (TPSA) is 59.4 Å². The molecule has 0 bridgehead atoms. The van der Waals surface area contributed by atoms with Gasteiger partial charge in [-0.1, -0.05) is 41.9 Å². The highest BCUT2D eigenvalue weighted by Gasteiger charge is 2.39. The minimum atomic E-state index is -4.81. The molecule has 0 atom stereocenters. The van der Waals surface area contributed by atoms with Crippen molar-refractivity contribution in [2.24, 2.45) is 0 Å². The summed E-state index contributed by atoms with van der Waals surface area (Å²) in [6.07, 6.45) is -4.37. The van der Waals surface area contributed by atoms with E-state index in [-0.39, 0.29) is 23.0 Å². The number of hydrogen-bond donors (Lipinski definition) is 1. The van der Waals surface area contributed by atoms with E-state index in [4.69, 9.17) is 21.4 Å². The van der Waals surface area contributed by atoms with Gasteiger partial charge < -0.3 is 9.84 Å². The number of alkyl halides is 3. The Labute approximate surface area is 229 Å². The maximum atomic E-state index is 14.6. The zero-order chi connectivity index (χ0) is 28.5. The summed E-state index contributed by atoms with van der Waals surface area (Å²) in [4.78, 5) is 9.68. The highest BCUT2D eigenvalue weighted by atomic mass is 35.5. The van der Waals surface area contributed by atoms with Crippen LogP contribution in [0.1, 0.15) is 33.6 Å². The van der Waals surface area contributed by atoms with Crippen molar-refractivity contribution in [3.63, 3.8) is 0 Å². The summed E-state index contributed by atoms with van der Waals surface area (Å²) in [5.41, 5.74) is 2.43. The number of carbonyl (C=O) groups is 1. The smallest absolute Gasteiger partial charge is 0.427 e. The highest BCUT2D eigenvalue weighted by molar-refractivity contribution is 7.06. The second-order valence-corrected chi connectivity index (χ2v) is 10.0. The molecule has 0 aliphatic rings. The molecule has 0 fully saturated rings. The summed E-state index contributed by atoms with van der Waals surface area (Å²) in [7, 11) is 0. The Bertz CT molecular complexity index is 1510. The maximum absolute atomic E-state index is 14.6. The van der Waals surface area contributed by atoms with Crippen LogP contribution in [0.15, 0.2) is 48.5 Å². The van der Waals surface area contributed by atoms with E-state index in [9.17, 15) is 26.7 Å². The van der Waals surface area contributed by atoms with Crippen LogP contribution in [0.3, 0.4) is 0 Å². The van der Waals surface area contributed by atoms with E-state index in [1.54, 1.807) is 19.1 Å². The van der Waals surface area contributed by atoms with Crippen LogP contribution < -0.4 is 4.74 Å². The van der Waals surface area contributed by atoms with Crippen molar-refractivity contribution >= 4 is 29.1 Å². The third kappa shape index (κ3) is 6.23. The van der Waals surface area contributed by atoms with E-state index in [2.05, 4.69) is 4.37 Å². The maximum Gasteiger partial charge on any atom is 0.427 e. The molecule has 0 aliphatic heterocycles. The highest BCUT2D eigenvalue weighted by Crippen LogP contribution is 2.42. The van der Waals surface area contributed by atoms with E-state index in [1.807, 2.05) is 31.2 Å². The minimum absolute atomic E-state index is 0.0260. The van der Waals surface area contributed by atoms with Gasteiger partial charge in [-0.15, -0.1) is 0 Å². The molecule has 4 rings (SSSR count). The molecule has 1 aromatic heterocycles. The Morgan fingerprint density at radius 1 is 1.03 bits per heavy atom. The van der Waals surface area contributed by atoms with Crippen molar-refractivity contribution in [2.75, 3.05) is 0 Å². The molecule has 39 heavy (non-hydrogen) atoms. The lowest BCUT2D eigenvalue weighted by Gasteiger charge is -2.16. The first-order chi connectivity index (χ1) is 18.4. The van der Waals surface area contributed by atoms with Crippen molar-refractivity contribution in [2.45, 2.75) is 39.5 Å². The number of halogens is 6. The first kappa shape index (κ1) is 28.5. The molecule has 0 unspecified atom stereocenters. The van der Waals surface area contributed by atoms with Crippen molar-refractivity contribution < 1.29 is 36.6 Å². The fourth-order valence-electron chi connectivity index (χ4n) is 4.15. The van der Waals surface area contributed by atoms with Crippen LogP contribution in [0.2, 0.25) is 5.02 Å². The lowest BCUT2D eigenvalue weighted by Crippen LogP contribution is -2.09. The molecule has 0 spiro atoms. The summed E-state index contributed by atoms with van der Waals surface area (Å²) < 4.78 is 79.9. The molecule has 204 valence electrons. The van der Waals surface area contributed by atoms with Crippen LogP contribution in [-0.4, -0.2) is 15.4 Å². The summed E-state index contributed by atoms with van der Waals surface area (Å²) in [5.74, 6) is -2.84. The lowest BCUT2D eigenvalue weighted by atomic mass is 9.95. The van der Waals surface area contributed by atoms with Crippen molar-refractivity contribution in [1.29, 1.82) is 0 Å². The van der Waals surface area contributed by atoms with E-state index in [0.717, 1.165) is 34.4 Å². The zero-order valence-electron chi connectivity index (χ0n) is 20.6. The Kier molecular flexibility index (Phi) is 8.27. The lowest BCUT2D eigenvalue weighted by molar-refractivity contribution is -0.137. The summed E-state index contributed by atoms with van der Waals surface area (Å²) >= 11 is 5.76. The zero-order valence-corrected chi connectivity index (χ0v) is 22.2. The van der Waals surface area contributed by atoms with Crippen LogP contribution in [0.5, 0.6) is 5.75 Å². The van der Waals surface area contributed by atoms with Gasteiger partial charge in [0.2, 0.25) is 0 Å². The number of aliphatic carboxylic acids is 1. The molecule has 0 saturated heterocycles. The SMILES string of the molecule is Cc1c(OCc2c(-c3c(F)cc(Cl)cc3F)nsc2C(F)(F)F)ccc(-c2ccc(CCC(=O)O)cc2)c1C. The van der Waals surface area contributed by atoms with Crippen LogP contribution >= 0.6 is 23.1 Å². The average molecular weight is 582 g/mol. The Hall–Kier alpha value is -3.50. The first-order valence-corrected chi connectivity index (χ1v) is 12.8. The monoisotopic (exact) mass is 581 g/mol. The Morgan fingerprint density at radius 3 is 2.26 bits per heavy atom. The van der Waals surface area contributed by atoms with Crippen LogP contribution in [0.25, 0.3) is 22.4 Å².